The van der Waals surface area contributed by atoms with Crippen LogP contribution in [0.15, 0.2) is 138 Å². The maximum absolute atomic E-state index is 6.49. The predicted molar refractivity (Wildman–Crippen MR) is 214 cm³/mol. The summed E-state index contributed by atoms with van der Waals surface area (Å²) in [5.74, 6) is 4.60. The fourth-order valence-electron chi connectivity index (χ4n) is 5.37. The van der Waals surface area contributed by atoms with E-state index in [2.05, 4.69) is 39.5 Å². The predicted octanol–water partition coefficient (Wildman–Crippen LogP) is 10.9. The van der Waals surface area contributed by atoms with Crippen LogP contribution < -0.4 is 45.0 Å². The normalized spacial score (nSPS) is 10.5. The summed E-state index contributed by atoms with van der Waals surface area (Å²) in [6.45, 7) is 0.464. The topological polar surface area (TPSA) is 94.3 Å². The number of hydrogen-bond donors (Lipinski definition) is 4. The number of nitrogens with one attached hydrogen (secondary N) is 4. The van der Waals surface area contributed by atoms with E-state index in [1.54, 1.807) is 40.2 Å². The van der Waals surface area contributed by atoms with E-state index in [-0.39, 0.29) is 0 Å². The summed E-state index contributed by atoms with van der Waals surface area (Å²) in [5, 5.41) is 14.3. The van der Waals surface area contributed by atoms with Crippen molar-refractivity contribution in [3.63, 3.8) is 0 Å². The van der Waals surface area contributed by atoms with Gasteiger partial charge in [0.2, 0.25) is 0 Å². The SMILES string of the molecule is COc1ccc(Nc2cccc(OCCSc3cccc(Nc4ccc(OC)cc4)c3Nc3ccc(OC)cc3)c2Nc2ccc(OC)cc2)cc1. The fraction of sp³-hybridized carbons (Fsp3) is 0.143. The molecule has 52 heavy (non-hydrogen) atoms. The highest BCUT2D eigenvalue weighted by Crippen LogP contribution is 2.40. The van der Waals surface area contributed by atoms with Crippen molar-refractivity contribution in [3.05, 3.63) is 133 Å². The van der Waals surface area contributed by atoms with Gasteiger partial charge in [0.1, 0.15) is 34.4 Å². The molecule has 0 aliphatic heterocycles. The van der Waals surface area contributed by atoms with E-state index in [1.807, 2.05) is 115 Å². The molecule has 266 valence electrons. The van der Waals surface area contributed by atoms with E-state index < -0.39 is 0 Å². The second-order valence-corrected chi connectivity index (χ2v) is 12.6. The molecular formula is C42H42N4O5S. The summed E-state index contributed by atoms with van der Waals surface area (Å²) >= 11 is 1.71. The Morgan fingerprint density at radius 1 is 0.423 bits per heavy atom. The zero-order valence-corrected chi connectivity index (χ0v) is 30.4. The summed E-state index contributed by atoms with van der Waals surface area (Å²) in [6.07, 6.45) is 0. The molecule has 0 saturated carbocycles. The van der Waals surface area contributed by atoms with Gasteiger partial charge in [-0.3, -0.25) is 0 Å². The molecule has 6 aromatic rings. The number of anilines is 8. The van der Waals surface area contributed by atoms with Crippen molar-refractivity contribution < 1.29 is 23.7 Å². The lowest BCUT2D eigenvalue weighted by atomic mass is 10.2. The Kier molecular flexibility index (Phi) is 12.1. The van der Waals surface area contributed by atoms with Gasteiger partial charge in [-0.15, -0.1) is 11.8 Å². The van der Waals surface area contributed by atoms with Gasteiger partial charge in [-0.1, -0.05) is 12.1 Å². The number of methoxy groups -OCH3 is 4. The molecule has 0 radical (unpaired) electrons. The standard InChI is InChI=1S/C42H42N4O5S/c1-47-33-19-11-29(12-20-33)43-37-7-5-9-39(41(37)45-31-15-23-35(49-3)24-16-31)51-27-28-52-40-10-6-8-38(44-30-13-21-34(48-2)22-14-30)42(40)46-32-17-25-36(50-4)26-18-32/h5-26,43-46H,27-28H2,1-4H3. The van der Waals surface area contributed by atoms with Crippen LogP contribution in [0.25, 0.3) is 0 Å². The van der Waals surface area contributed by atoms with Crippen LogP contribution in [0, 0.1) is 0 Å². The molecule has 10 heteroatoms. The zero-order valence-electron chi connectivity index (χ0n) is 29.6. The van der Waals surface area contributed by atoms with Crippen LogP contribution in [0.2, 0.25) is 0 Å². The summed E-state index contributed by atoms with van der Waals surface area (Å²) in [6, 6.07) is 43.6. The number of para-hydroxylation sites is 2. The number of ether oxygens (including phenoxy) is 5. The molecule has 0 aromatic heterocycles. The Morgan fingerprint density at radius 2 is 0.808 bits per heavy atom. The van der Waals surface area contributed by atoms with E-state index in [9.17, 15) is 0 Å². The van der Waals surface area contributed by atoms with Crippen molar-refractivity contribution >= 4 is 57.3 Å². The minimum absolute atomic E-state index is 0.464. The van der Waals surface area contributed by atoms with Crippen molar-refractivity contribution in [1.29, 1.82) is 0 Å². The lowest BCUT2D eigenvalue weighted by Gasteiger charge is -2.20. The van der Waals surface area contributed by atoms with Gasteiger partial charge in [0.15, 0.2) is 0 Å². The van der Waals surface area contributed by atoms with Crippen LogP contribution in [0.5, 0.6) is 28.7 Å². The second kappa shape index (κ2) is 17.7. The van der Waals surface area contributed by atoms with Crippen LogP contribution in [0.3, 0.4) is 0 Å². The van der Waals surface area contributed by atoms with Crippen molar-refractivity contribution in [2.45, 2.75) is 4.90 Å². The molecule has 0 aliphatic carbocycles. The molecule has 0 amide bonds. The molecule has 0 bridgehead atoms. The van der Waals surface area contributed by atoms with Crippen LogP contribution in [-0.2, 0) is 0 Å². The Balaban J connectivity index is 1.21. The first-order valence-electron chi connectivity index (χ1n) is 16.7. The quantitative estimate of drug-likeness (QED) is 0.0540. The fourth-order valence-corrected chi connectivity index (χ4v) is 6.24. The van der Waals surface area contributed by atoms with E-state index in [4.69, 9.17) is 23.7 Å². The number of thioether (sulfide) groups is 1. The minimum Gasteiger partial charge on any atom is -0.497 e. The lowest BCUT2D eigenvalue weighted by Crippen LogP contribution is -2.05. The average molecular weight is 715 g/mol. The molecule has 6 rings (SSSR count). The molecule has 0 fully saturated rings. The van der Waals surface area contributed by atoms with E-state index in [0.29, 0.717) is 12.4 Å². The Labute approximate surface area is 309 Å². The van der Waals surface area contributed by atoms with Gasteiger partial charge in [0, 0.05) is 33.4 Å². The third-order valence-electron chi connectivity index (χ3n) is 8.11. The monoisotopic (exact) mass is 714 g/mol. The molecular weight excluding hydrogens is 673 g/mol. The summed E-state index contributed by atoms with van der Waals surface area (Å²) in [7, 11) is 6.65. The highest BCUT2D eigenvalue weighted by Gasteiger charge is 2.14. The minimum atomic E-state index is 0.464. The van der Waals surface area contributed by atoms with Gasteiger partial charge < -0.3 is 45.0 Å². The Bertz CT molecular complexity index is 1880. The first-order valence-corrected chi connectivity index (χ1v) is 17.7. The number of rotatable bonds is 17. The second-order valence-electron chi connectivity index (χ2n) is 11.5. The third kappa shape index (κ3) is 9.35. The molecule has 0 aliphatic rings. The first kappa shape index (κ1) is 35.7. The highest BCUT2D eigenvalue weighted by molar-refractivity contribution is 7.99. The van der Waals surface area contributed by atoms with Gasteiger partial charge in [-0.05, 0) is 121 Å². The average Bonchev–Trinajstić information content (AvgIpc) is 3.19. The molecule has 4 N–H and O–H groups in total. The van der Waals surface area contributed by atoms with E-state index >= 15 is 0 Å². The summed E-state index contributed by atoms with van der Waals surface area (Å²) < 4.78 is 27.9. The number of benzene rings is 6. The van der Waals surface area contributed by atoms with E-state index in [1.165, 1.54) is 0 Å². The van der Waals surface area contributed by atoms with Crippen LogP contribution in [-0.4, -0.2) is 40.8 Å². The molecule has 0 spiro atoms. The van der Waals surface area contributed by atoms with E-state index in [0.717, 1.165) is 79.1 Å². The van der Waals surface area contributed by atoms with Crippen LogP contribution in [0.1, 0.15) is 0 Å². The molecule has 0 heterocycles. The molecule has 0 unspecified atom stereocenters. The van der Waals surface area contributed by atoms with Gasteiger partial charge in [0.05, 0.1) is 52.1 Å². The molecule has 0 saturated heterocycles. The van der Waals surface area contributed by atoms with Crippen molar-refractivity contribution in [3.8, 4) is 28.7 Å². The maximum atomic E-state index is 6.49. The van der Waals surface area contributed by atoms with Crippen molar-refractivity contribution in [1.82, 2.24) is 0 Å². The first-order chi connectivity index (χ1) is 25.5. The smallest absolute Gasteiger partial charge is 0.144 e. The summed E-state index contributed by atoms with van der Waals surface area (Å²) in [5.41, 5.74) is 7.31. The largest absolute Gasteiger partial charge is 0.497 e. The highest BCUT2D eigenvalue weighted by atomic mass is 32.2. The third-order valence-corrected chi connectivity index (χ3v) is 9.13. The zero-order chi connectivity index (χ0) is 36.1. The van der Waals surface area contributed by atoms with Gasteiger partial charge in [0.25, 0.3) is 0 Å². The molecule has 6 aromatic carbocycles. The van der Waals surface area contributed by atoms with Gasteiger partial charge >= 0.3 is 0 Å². The Morgan fingerprint density at radius 3 is 1.25 bits per heavy atom. The maximum Gasteiger partial charge on any atom is 0.144 e. The van der Waals surface area contributed by atoms with Crippen molar-refractivity contribution in [2.24, 2.45) is 0 Å². The number of hydrogen-bond acceptors (Lipinski definition) is 10. The van der Waals surface area contributed by atoms with Gasteiger partial charge in [-0.25, -0.2) is 0 Å². The molecule has 9 nitrogen and oxygen atoms in total. The summed E-state index contributed by atoms with van der Waals surface area (Å²) in [4.78, 5) is 1.07. The molecule has 0 atom stereocenters. The lowest BCUT2D eigenvalue weighted by molar-refractivity contribution is 0.346. The Hall–Kier alpha value is -6.13. The van der Waals surface area contributed by atoms with Crippen molar-refractivity contribution in [2.75, 3.05) is 62.1 Å². The van der Waals surface area contributed by atoms with Crippen LogP contribution in [0.4, 0.5) is 45.5 Å². The van der Waals surface area contributed by atoms with Gasteiger partial charge in [-0.2, -0.15) is 0 Å². The van der Waals surface area contributed by atoms with Crippen LogP contribution >= 0.6 is 11.8 Å².